The Morgan fingerprint density at radius 3 is 2.73 bits per heavy atom. The summed E-state index contributed by atoms with van der Waals surface area (Å²) >= 11 is -0.153. The van der Waals surface area contributed by atoms with Crippen LogP contribution in [0.15, 0.2) is 35.4 Å². The molecule has 0 radical (unpaired) electrons. The van der Waals surface area contributed by atoms with Crippen LogP contribution in [0.25, 0.3) is 10.4 Å². The fourth-order valence-electron chi connectivity index (χ4n) is 2.28. The average molecular weight is 370 g/mol. The summed E-state index contributed by atoms with van der Waals surface area (Å²) in [5, 5.41) is 13.6. The monoisotopic (exact) mass is 371 g/mol. The van der Waals surface area contributed by atoms with Crippen LogP contribution in [-0.4, -0.2) is 55.4 Å². The number of carbonyl (C=O) groups excluding carboxylic acids is 1. The van der Waals surface area contributed by atoms with Gasteiger partial charge in [-0.15, -0.1) is 0 Å². The van der Waals surface area contributed by atoms with E-state index >= 15 is 0 Å². The maximum absolute atomic E-state index is 11.2. The summed E-state index contributed by atoms with van der Waals surface area (Å²) in [6, 6.07) is 8.82. The van der Waals surface area contributed by atoms with Crippen LogP contribution in [0.5, 0.6) is 0 Å². The standard InChI is InChI=1S/C14H17N3O4Se/c1-8-13(21-9(2)18)11(16-17-15)12(19)14(20-8)22-10-6-4-3-5-7-10/h3-8,11-14,19H,1-2H3/t8-,11-,12+,13-,14?/m1/s1. The molecule has 1 unspecified atom stereocenters. The number of carbonyl (C=O) groups is 1. The number of aliphatic hydroxyl groups excluding tert-OH is 1. The van der Waals surface area contributed by atoms with Gasteiger partial charge in [-0.2, -0.15) is 0 Å². The third kappa shape index (κ3) is 4.00. The summed E-state index contributed by atoms with van der Waals surface area (Å²) in [5.74, 6) is -0.502. The van der Waals surface area contributed by atoms with Crippen LogP contribution in [-0.2, 0) is 14.3 Å². The molecule has 2 rings (SSSR count). The molecule has 1 heterocycles. The predicted molar refractivity (Wildman–Crippen MR) is 80.7 cm³/mol. The van der Waals surface area contributed by atoms with Crippen molar-refractivity contribution in [3.8, 4) is 0 Å². The van der Waals surface area contributed by atoms with Gasteiger partial charge in [0.15, 0.2) is 0 Å². The van der Waals surface area contributed by atoms with E-state index in [1.54, 1.807) is 6.92 Å². The van der Waals surface area contributed by atoms with Gasteiger partial charge in [-0.25, -0.2) is 0 Å². The zero-order chi connectivity index (χ0) is 16.1. The van der Waals surface area contributed by atoms with E-state index in [4.69, 9.17) is 15.0 Å². The molecule has 7 nitrogen and oxygen atoms in total. The first-order valence-corrected chi connectivity index (χ1v) is 8.64. The number of rotatable bonds is 4. The maximum atomic E-state index is 11.2. The van der Waals surface area contributed by atoms with Gasteiger partial charge in [0.2, 0.25) is 0 Å². The Balaban J connectivity index is 2.18. The van der Waals surface area contributed by atoms with E-state index in [0.29, 0.717) is 0 Å². The predicted octanol–water partition coefficient (Wildman–Crippen LogP) is 0.732. The molecule has 8 heteroatoms. The summed E-state index contributed by atoms with van der Waals surface area (Å²) in [6.45, 7) is 3.01. The van der Waals surface area contributed by atoms with Gasteiger partial charge in [-0.1, -0.05) is 0 Å². The second-order valence-electron chi connectivity index (χ2n) is 4.90. The molecule has 118 valence electrons. The zero-order valence-electron chi connectivity index (χ0n) is 12.2. The van der Waals surface area contributed by atoms with Crippen molar-refractivity contribution in [2.75, 3.05) is 0 Å². The molecule has 0 aromatic heterocycles. The number of ether oxygens (including phenoxy) is 2. The molecule has 1 saturated heterocycles. The summed E-state index contributed by atoms with van der Waals surface area (Å²) in [4.78, 5) is 14.0. The molecule has 0 saturated carbocycles. The molecule has 0 amide bonds. The number of benzene rings is 1. The molecular weight excluding hydrogens is 353 g/mol. The second kappa shape index (κ2) is 7.63. The topological polar surface area (TPSA) is 105 Å². The van der Waals surface area contributed by atoms with Crippen molar-refractivity contribution in [1.82, 2.24) is 0 Å². The van der Waals surface area contributed by atoms with Crippen molar-refractivity contribution in [3.63, 3.8) is 0 Å². The quantitative estimate of drug-likeness (QED) is 0.277. The Morgan fingerprint density at radius 2 is 2.14 bits per heavy atom. The van der Waals surface area contributed by atoms with Crippen molar-refractivity contribution in [3.05, 3.63) is 40.8 Å². The molecule has 1 N–H and O–H groups in total. The van der Waals surface area contributed by atoms with Gasteiger partial charge in [0, 0.05) is 0 Å². The number of hydrogen-bond donors (Lipinski definition) is 1. The van der Waals surface area contributed by atoms with Crippen molar-refractivity contribution in [1.29, 1.82) is 0 Å². The zero-order valence-corrected chi connectivity index (χ0v) is 13.9. The molecule has 1 aliphatic heterocycles. The molecule has 1 aromatic carbocycles. The minimum atomic E-state index is -1.02. The Hall–Kier alpha value is -1.56. The first-order chi connectivity index (χ1) is 10.5. The third-order valence-corrected chi connectivity index (χ3v) is 5.71. The van der Waals surface area contributed by atoms with Gasteiger partial charge in [-0.3, -0.25) is 0 Å². The SMILES string of the molecule is CC(=O)O[C@H]1[C@H](N=[N+]=[N-])[C@H](O)C([Se]c2ccccc2)O[C@@H]1C. The Bertz CT molecular complexity index is 564. The van der Waals surface area contributed by atoms with Crippen molar-refractivity contribution >= 4 is 25.4 Å². The van der Waals surface area contributed by atoms with E-state index in [2.05, 4.69) is 10.0 Å². The minimum absolute atomic E-state index is 0.153. The van der Waals surface area contributed by atoms with Gasteiger partial charge in [0.1, 0.15) is 0 Å². The Kier molecular flexibility index (Phi) is 5.83. The second-order valence-corrected chi connectivity index (χ2v) is 7.36. The number of hydrogen-bond acceptors (Lipinski definition) is 5. The Morgan fingerprint density at radius 1 is 1.45 bits per heavy atom. The Labute approximate surface area is 134 Å². The molecule has 0 spiro atoms. The van der Waals surface area contributed by atoms with E-state index in [0.717, 1.165) is 4.46 Å². The number of aliphatic hydroxyl groups is 1. The summed E-state index contributed by atoms with van der Waals surface area (Å²) in [6.07, 6.45) is -2.26. The molecule has 1 aromatic rings. The van der Waals surface area contributed by atoms with Crippen LogP contribution in [0.2, 0.25) is 0 Å². The summed E-state index contributed by atoms with van der Waals surface area (Å²) in [7, 11) is 0. The van der Waals surface area contributed by atoms with Crippen LogP contribution in [0.4, 0.5) is 0 Å². The van der Waals surface area contributed by atoms with Gasteiger partial charge in [0.25, 0.3) is 0 Å². The summed E-state index contributed by atoms with van der Waals surface area (Å²) < 4.78 is 12.0. The fourth-order valence-corrected chi connectivity index (χ4v) is 4.62. The molecule has 0 bridgehead atoms. The van der Waals surface area contributed by atoms with Gasteiger partial charge in [0.05, 0.1) is 0 Å². The van der Waals surface area contributed by atoms with E-state index in [1.165, 1.54) is 6.92 Å². The number of esters is 1. The van der Waals surface area contributed by atoms with Crippen LogP contribution in [0.3, 0.4) is 0 Å². The normalized spacial score (nSPS) is 31.1. The number of nitrogens with zero attached hydrogens (tertiary/aromatic N) is 3. The van der Waals surface area contributed by atoms with Gasteiger partial charge >= 0.3 is 134 Å². The molecular formula is C14H17N3O4Se. The van der Waals surface area contributed by atoms with E-state index in [1.807, 2.05) is 30.3 Å². The van der Waals surface area contributed by atoms with Gasteiger partial charge in [-0.05, 0) is 0 Å². The third-order valence-electron chi connectivity index (χ3n) is 3.26. The number of azide groups is 1. The molecule has 0 aliphatic carbocycles. The van der Waals surface area contributed by atoms with Crippen molar-refractivity contribution in [2.24, 2.45) is 5.11 Å². The van der Waals surface area contributed by atoms with Crippen LogP contribution < -0.4 is 4.46 Å². The van der Waals surface area contributed by atoms with Gasteiger partial charge < -0.3 is 0 Å². The fraction of sp³-hybridized carbons (Fsp3) is 0.500. The molecule has 22 heavy (non-hydrogen) atoms. The van der Waals surface area contributed by atoms with E-state index < -0.39 is 35.3 Å². The van der Waals surface area contributed by atoms with E-state index in [-0.39, 0.29) is 15.0 Å². The summed E-state index contributed by atoms with van der Waals surface area (Å²) in [5.41, 5.74) is 8.72. The van der Waals surface area contributed by atoms with E-state index in [9.17, 15) is 9.90 Å². The van der Waals surface area contributed by atoms with Crippen LogP contribution >= 0.6 is 0 Å². The first kappa shape index (κ1) is 16.8. The average Bonchev–Trinajstić information content (AvgIpc) is 2.49. The van der Waals surface area contributed by atoms with Crippen LogP contribution in [0.1, 0.15) is 13.8 Å². The molecule has 1 fully saturated rings. The molecule has 5 atom stereocenters. The van der Waals surface area contributed by atoms with Crippen molar-refractivity contribution in [2.45, 2.75) is 43.2 Å². The van der Waals surface area contributed by atoms with Crippen molar-refractivity contribution < 1.29 is 19.4 Å². The van der Waals surface area contributed by atoms with Crippen LogP contribution in [0, 0.1) is 0 Å². The molecule has 1 aliphatic rings. The first-order valence-electron chi connectivity index (χ1n) is 6.79.